The van der Waals surface area contributed by atoms with Gasteiger partial charge in [0, 0.05) is 30.7 Å². The zero-order chi connectivity index (χ0) is 36.2. The van der Waals surface area contributed by atoms with Crippen LogP contribution in [0.25, 0.3) is 10.3 Å². The van der Waals surface area contributed by atoms with Gasteiger partial charge >= 0.3 is 46.9 Å². The Labute approximate surface area is 339 Å². The molecule has 0 fully saturated rings. The van der Waals surface area contributed by atoms with Crippen molar-refractivity contribution in [3.63, 3.8) is 0 Å². The summed E-state index contributed by atoms with van der Waals surface area (Å²) >= 11 is 0. The zero-order valence-electron chi connectivity index (χ0n) is 32.0. The summed E-state index contributed by atoms with van der Waals surface area (Å²) in [6.45, 7) is 24.5. The van der Waals surface area contributed by atoms with Crippen LogP contribution in [0.15, 0.2) is 88.5 Å². The molecule has 0 atom stereocenters. The van der Waals surface area contributed by atoms with Gasteiger partial charge in [0.15, 0.2) is 0 Å². The molecule has 277 valence electrons. The van der Waals surface area contributed by atoms with Crippen molar-refractivity contribution < 1.29 is 61.5 Å². The van der Waals surface area contributed by atoms with Gasteiger partial charge in [-0.1, -0.05) is 188 Å². The molecule has 0 N–H and O–H groups in total. The molecule has 1 radical (unpaired) electrons. The van der Waals surface area contributed by atoms with Gasteiger partial charge in [0.25, 0.3) is 0 Å². The van der Waals surface area contributed by atoms with E-state index in [-0.39, 0.29) is 52.7 Å². The summed E-state index contributed by atoms with van der Waals surface area (Å²) in [6.07, 6.45) is 0.884. The van der Waals surface area contributed by atoms with Crippen LogP contribution in [0.5, 0.6) is 5.75 Å². The van der Waals surface area contributed by atoms with Crippen molar-refractivity contribution in [2.45, 2.75) is 85.2 Å². The largest absolute Gasteiger partial charge is 3.00 e. The van der Waals surface area contributed by atoms with Crippen molar-refractivity contribution in [1.29, 1.82) is 0 Å². The fraction of sp³-hybridized carbons (Fsp3) is 0.487. The fourth-order valence-corrected chi connectivity index (χ4v) is 5.95. The molecule has 3 aromatic rings. The molecule has 0 aliphatic heterocycles. The number of nitrogens with zero attached hydrogens (tertiary/aromatic N) is 4. The van der Waals surface area contributed by atoms with Gasteiger partial charge in [-0.15, -0.1) is 5.75 Å². The van der Waals surface area contributed by atoms with Crippen LogP contribution in [0.3, 0.4) is 0 Å². The standard InChI is InChI=1S/C23H34N4Si2.C12H18O.C4H10O2.Yb/c1-28(2,3)26-22(20-14-9-7-10-15-20)24-18-13-19-25-23(27-29(4,5)6)21-16-11-8-12-17-21;1-8(2)10-6-5-7-11(9(3)4)12(10)13;1-5-3-4-6-2;/h7-12,14-17H,13,18-19H2,1-6H3;5-9,13H,1-4H3;3-4H2,1-2H3;/q-2;;;+3/p-1. The van der Waals surface area contributed by atoms with Crippen LogP contribution in [0.1, 0.15) is 68.2 Å². The maximum Gasteiger partial charge on any atom is 3.00 e. The summed E-state index contributed by atoms with van der Waals surface area (Å²) in [6, 6.07) is 26.4. The third-order valence-electron chi connectivity index (χ3n) is 6.60. The summed E-state index contributed by atoms with van der Waals surface area (Å²) in [4.78, 5) is 9.77. The minimum atomic E-state index is -1.60. The van der Waals surface area contributed by atoms with Gasteiger partial charge in [0.1, 0.15) is 0 Å². The van der Waals surface area contributed by atoms with E-state index in [0.29, 0.717) is 25.0 Å². The van der Waals surface area contributed by atoms with Crippen LogP contribution in [0.2, 0.25) is 39.3 Å². The molecular formula is C39H61N4O3Si2Yb. The average molecular weight is 863 g/mol. The molecule has 3 aromatic carbocycles. The number of hydrogen-bond donors (Lipinski definition) is 0. The Bertz CT molecular complexity index is 1330. The summed E-state index contributed by atoms with van der Waals surface area (Å²) in [5.74, 6) is 2.64. The van der Waals surface area contributed by atoms with Crippen LogP contribution in [-0.2, 0) is 9.47 Å². The van der Waals surface area contributed by atoms with Crippen LogP contribution in [0.4, 0.5) is 0 Å². The normalized spacial score (nSPS) is 12.0. The molecule has 0 saturated carbocycles. The van der Waals surface area contributed by atoms with Crippen LogP contribution in [-0.4, -0.2) is 68.7 Å². The molecule has 0 aliphatic rings. The van der Waals surface area contributed by atoms with Crippen molar-refractivity contribution in [2.75, 3.05) is 40.5 Å². The van der Waals surface area contributed by atoms with Crippen LogP contribution < -0.4 is 5.11 Å². The number of amidine groups is 2. The Morgan fingerprint density at radius 3 is 1.53 bits per heavy atom. The number of methoxy groups -OCH3 is 2. The Morgan fingerprint density at radius 1 is 0.694 bits per heavy atom. The van der Waals surface area contributed by atoms with E-state index in [1.165, 1.54) is 0 Å². The van der Waals surface area contributed by atoms with E-state index < -0.39 is 16.5 Å². The maximum atomic E-state index is 11.9. The number of hydrogen-bond acceptors (Lipinski definition) is 5. The number of para-hydroxylation sites is 1. The summed E-state index contributed by atoms with van der Waals surface area (Å²) in [5.41, 5.74) is 4.06. The van der Waals surface area contributed by atoms with Crippen LogP contribution >= 0.6 is 0 Å². The Balaban J connectivity index is 0.000000949. The van der Waals surface area contributed by atoms with E-state index in [2.05, 4.69) is 101 Å². The molecule has 0 heterocycles. The molecule has 0 aromatic heterocycles. The number of aliphatic imine (C=N–C) groups is 1. The first-order valence-corrected chi connectivity index (χ1v) is 23.9. The molecule has 10 heteroatoms. The minimum absolute atomic E-state index is 0. The summed E-state index contributed by atoms with van der Waals surface area (Å²) < 4.78 is 14.3. The van der Waals surface area contributed by atoms with E-state index >= 15 is 0 Å². The molecule has 0 bridgehead atoms. The molecule has 49 heavy (non-hydrogen) atoms. The predicted molar refractivity (Wildman–Crippen MR) is 212 cm³/mol. The monoisotopic (exact) mass is 863 g/mol. The van der Waals surface area contributed by atoms with Crippen molar-refractivity contribution in [3.8, 4) is 5.75 Å². The molecule has 0 saturated heterocycles. The van der Waals surface area contributed by atoms with Crippen molar-refractivity contribution in [2.24, 2.45) is 9.65 Å². The van der Waals surface area contributed by atoms with Gasteiger partial charge in [-0.05, 0) is 23.0 Å². The maximum absolute atomic E-state index is 11.9. The van der Waals surface area contributed by atoms with Crippen LogP contribution in [0, 0.1) is 46.9 Å². The molecule has 0 amide bonds. The van der Waals surface area contributed by atoms with Crippen molar-refractivity contribution in [3.05, 3.63) is 111 Å². The first kappa shape index (κ1) is 47.3. The second-order valence-corrected chi connectivity index (χ2v) is 23.3. The molecule has 3 rings (SSSR count). The van der Waals surface area contributed by atoms with E-state index in [0.717, 1.165) is 53.4 Å². The van der Waals surface area contributed by atoms with Crippen molar-refractivity contribution in [1.82, 2.24) is 0 Å². The zero-order valence-corrected chi connectivity index (χ0v) is 35.7. The smallest absolute Gasteiger partial charge is 0.872 e. The Morgan fingerprint density at radius 2 is 1.14 bits per heavy atom. The molecule has 0 spiro atoms. The van der Waals surface area contributed by atoms with Gasteiger partial charge in [-0.2, -0.15) is 0 Å². The molecule has 0 unspecified atom stereocenters. The minimum Gasteiger partial charge on any atom is -0.872 e. The average Bonchev–Trinajstić information content (AvgIpc) is 3.02. The van der Waals surface area contributed by atoms with Crippen molar-refractivity contribution >= 4 is 28.1 Å². The topological polar surface area (TPSA) is 94.4 Å². The van der Waals surface area contributed by atoms with E-state index in [9.17, 15) is 5.11 Å². The molecule has 7 nitrogen and oxygen atoms in total. The van der Waals surface area contributed by atoms with Gasteiger partial charge in [-0.3, -0.25) is 0 Å². The quantitative estimate of drug-likeness (QED) is 0.0742. The second-order valence-electron chi connectivity index (χ2n) is 14.1. The first-order chi connectivity index (χ1) is 22.6. The predicted octanol–water partition coefficient (Wildman–Crippen LogP) is 9.97. The Kier molecular flexibility index (Phi) is 24.4. The summed E-state index contributed by atoms with van der Waals surface area (Å²) in [7, 11) is 0.0954. The first-order valence-electron chi connectivity index (χ1n) is 17.0. The van der Waals surface area contributed by atoms with Gasteiger partial charge in [0.2, 0.25) is 0 Å². The number of benzene rings is 3. The summed E-state index contributed by atoms with van der Waals surface area (Å²) in [5, 5.41) is 16.7. The Hall–Kier alpha value is -1.73. The van der Waals surface area contributed by atoms with E-state index in [4.69, 9.17) is 19.9 Å². The number of rotatable bonds is 13. The fourth-order valence-electron chi connectivity index (χ4n) is 4.28. The van der Waals surface area contributed by atoms with E-state index in [1.807, 2.05) is 54.6 Å². The van der Waals surface area contributed by atoms with Gasteiger partial charge in [-0.25, -0.2) is 0 Å². The SMILES string of the molecule is CC(C)c1cccc(C(C)C)c1[O-].COCCOC.C[Si](C)(C)/N=C(/[N-]CCCN=C([N-][Si](C)(C)C)c1ccccc1)c1ccccc1.[Yb+3]. The third kappa shape index (κ3) is 21.3. The molecule has 0 aliphatic carbocycles. The molecular weight excluding hydrogens is 802 g/mol. The third-order valence-corrected chi connectivity index (χ3v) is 8.36. The number of ether oxygens (including phenoxy) is 2. The van der Waals surface area contributed by atoms with E-state index in [1.54, 1.807) is 14.2 Å². The van der Waals surface area contributed by atoms with Gasteiger partial charge in [0.05, 0.1) is 13.2 Å². The van der Waals surface area contributed by atoms with Gasteiger partial charge < -0.3 is 34.5 Å². The second kappa shape index (κ2) is 25.3.